The van der Waals surface area contributed by atoms with Crippen LogP contribution in [0.3, 0.4) is 0 Å². The summed E-state index contributed by atoms with van der Waals surface area (Å²) in [5, 5.41) is 13.3. The Morgan fingerprint density at radius 2 is 1.89 bits per heavy atom. The molecule has 8 heteroatoms. The molecule has 5 aromatic rings. The van der Waals surface area contributed by atoms with Gasteiger partial charge in [-0.05, 0) is 36.2 Å². The number of ether oxygens (including phenoxy) is 1. The standard InChI is InChI=1S/C28H27N3O4S/c1-19-8-5-6-12-24(19)35-17-21(32)14-31(15-22-11-7-13-34-22)16-25-29-27(33)26-23(18-36-28(26)30-25)20-9-3-2-4-10-20/h2-13,18,21,32H,14-17H2,1H3,(H,29,30,33). The van der Waals surface area contributed by atoms with Crippen molar-refractivity contribution in [2.75, 3.05) is 13.2 Å². The van der Waals surface area contributed by atoms with Gasteiger partial charge in [-0.3, -0.25) is 9.69 Å². The molecule has 7 nitrogen and oxygen atoms in total. The van der Waals surface area contributed by atoms with Gasteiger partial charge in [-0.25, -0.2) is 4.98 Å². The van der Waals surface area contributed by atoms with Crippen LogP contribution in [0.5, 0.6) is 5.75 Å². The Labute approximate surface area is 212 Å². The van der Waals surface area contributed by atoms with Crippen LogP contribution in [-0.2, 0) is 13.1 Å². The number of nitrogens with zero attached hydrogens (tertiary/aromatic N) is 2. The second-order valence-electron chi connectivity index (χ2n) is 8.69. The number of hydrogen-bond acceptors (Lipinski definition) is 7. The Kier molecular flexibility index (Phi) is 7.27. The normalized spacial score (nSPS) is 12.3. The van der Waals surface area contributed by atoms with Gasteiger partial charge in [0, 0.05) is 17.5 Å². The molecule has 5 rings (SSSR count). The van der Waals surface area contributed by atoms with E-state index in [9.17, 15) is 9.90 Å². The fraction of sp³-hybridized carbons (Fsp3) is 0.214. The number of rotatable bonds is 10. The highest BCUT2D eigenvalue weighted by atomic mass is 32.1. The number of aliphatic hydroxyl groups is 1. The van der Waals surface area contributed by atoms with Crippen LogP contribution >= 0.6 is 11.3 Å². The minimum Gasteiger partial charge on any atom is -0.491 e. The Hall–Kier alpha value is -3.72. The Bertz CT molecular complexity index is 1480. The minimum absolute atomic E-state index is 0.147. The first-order chi connectivity index (χ1) is 17.6. The molecule has 0 amide bonds. The van der Waals surface area contributed by atoms with E-state index in [0.717, 1.165) is 28.2 Å². The van der Waals surface area contributed by atoms with E-state index in [0.29, 0.717) is 35.7 Å². The molecule has 3 aromatic heterocycles. The molecule has 184 valence electrons. The number of benzene rings is 2. The maximum Gasteiger partial charge on any atom is 0.260 e. The van der Waals surface area contributed by atoms with Crippen LogP contribution < -0.4 is 10.3 Å². The number of para-hydroxylation sites is 1. The average molecular weight is 502 g/mol. The first-order valence-electron chi connectivity index (χ1n) is 11.7. The van der Waals surface area contributed by atoms with Gasteiger partial charge in [0.25, 0.3) is 5.56 Å². The molecular weight excluding hydrogens is 474 g/mol. The van der Waals surface area contributed by atoms with Crippen molar-refractivity contribution < 1.29 is 14.3 Å². The Morgan fingerprint density at radius 3 is 2.67 bits per heavy atom. The number of fused-ring (bicyclic) bond motifs is 1. The molecule has 0 bridgehead atoms. The zero-order valence-corrected chi connectivity index (χ0v) is 20.7. The molecule has 2 aromatic carbocycles. The molecule has 0 spiro atoms. The monoisotopic (exact) mass is 501 g/mol. The molecule has 0 radical (unpaired) electrons. The van der Waals surface area contributed by atoms with Crippen LogP contribution in [0.1, 0.15) is 17.1 Å². The van der Waals surface area contributed by atoms with E-state index in [4.69, 9.17) is 14.1 Å². The molecule has 0 saturated carbocycles. The van der Waals surface area contributed by atoms with Crippen molar-refractivity contribution in [1.82, 2.24) is 14.9 Å². The number of aromatic nitrogens is 2. The number of hydrogen-bond donors (Lipinski definition) is 2. The van der Waals surface area contributed by atoms with E-state index in [1.54, 1.807) is 6.26 Å². The topological polar surface area (TPSA) is 91.6 Å². The highest BCUT2D eigenvalue weighted by Crippen LogP contribution is 2.30. The fourth-order valence-electron chi connectivity index (χ4n) is 4.17. The second kappa shape index (κ2) is 10.9. The van der Waals surface area contributed by atoms with Crippen molar-refractivity contribution in [2.45, 2.75) is 26.1 Å². The zero-order valence-electron chi connectivity index (χ0n) is 19.9. The zero-order chi connectivity index (χ0) is 24.9. The number of aromatic amines is 1. The molecule has 0 saturated heterocycles. The minimum atomic E-state index is -0.749. The third-order valence-electron chi connectivity index (χ3n) is 5.90. The van der Waals surface area contributed by atoms with Crippen molar-refractivity contribution in [1.29, 1.82) is 0 Å². The average Bonchev–Trinajstić information content (AvgIpc) is 3.54. The predicted octanol–water partition coefficient (Wildman–Crippen LogP) is 5.00. The van der Waals surface area contributed by atoms with Crippen molar-refractivity contribution in [3.05, 3.63) is 106 Å². The SMILES string of the molecule is Cc1ccccc1OCC(O)CN(Cc1nc2scc(-c3ccccc3)c2c(=O)[nH]1)Cc1ccco1. The summed E-state index contributed by atoms with van der Waals surface area (Å²) in [6, 6.07) is 21.3. The molecular formula is C28H27N3O4S. The highest BCUT2D eigenvalue weighted by molar-refractivity contribution is 7.17. The summed E-state index contributed by atoms with van der Waals surface area (Å²) >= 11 is 1.45. The summed E-state index contributed by atoms with van der Waals surface area (Å²) in [7, 11) is 0. The summed E-state index contributed by atoms with van der Waals surface area (Å²) in [5.74, 6) is 2.04. The third kappa shape index (κ3) is 5.57. The highest BCUT2D eigenvalue weighted by Gasteiger charge is 2.18. The number of thiophene rings is 1. The second-order valence-corrected chi connectivity index (χ2v) is 9.55. The van der Waals surface area contributed by atoms with Gasteiger partial charge < -0.3 is 19.2 Å². The van der Waals surface area contributed by atoms with Gasteiger partial charge in [0.1, 0.15) is 34.9 Å². The maximum absolute atomic E-state index is 13.1. The van der Waals surface area contributed by atoms with Crippen LogP contribution in [0.2, 0.25) is 0 Å². The first-order valence-corrected chi connectivity index (χ1v) is 12.6. The number of nitrogens with one attached hydrogen (secondary N) is 1. The lowest BCUT2D eigenvalue weighted by atomic mass is 10.1. The molecule has 0 aliphatic rings. The van der Waals surface area contributed by atoms with Gasteiger partial charge in [0.15, 0.2) is 0 Å². The lowest BCUT2D eigenvalue weighted by Gasteiger charge is -2.24. The maximum atomic E-state index is 13.1. The number of H-pyrrole nitrogens is 1. The van der Waals surface area contributed by atoms with Crippen LogP contribution in [-0.4, -0.2) is 39.2 Å². The van der Waals surface area contributed by atoms with E-state index in [2.05, 4.69) is 4.98 Å². The molecule has 0 aliphatic heterocycles. The molecule has 1 unspecified atom stereocenters. The number of aliphatic hydroxyl groups excluding tert-OH is 1. The van der Waals surface area contributed by atoms with Crippen LogP contribution in [0.4, 0.5) is 0 Å². The van der Waals surface area contributed by atoms with Gasteiger partial charge in [0.2, 0.25) is 0 Å². The van der Waals surface area contributed by atoms with Gasteiger partial charge in [0.05, 0.1) is 24.7 Å². The molecule has 3 heterocycles. The summed E-state index contributed by atoms with van der Waals surface area (Å²) in [5.41, 5.74) is 2.71. The van der Waals surface area contributed by atoms with E-state index >= 15 is 0 Å². The molecule has 2 N–H and O–H groups in total. The van der Waals surface area contributed by atoms with Crippen LogP contribution in [0.15, 0.2) is 87.6 Å². The van der Waals surface area contributed by atoms with E-state index in [-0.39, 0.29) is 12.2 Å². The Balaban J connectivity index is 1.34. The molecule has 0 aliphatic carbocycles. The summed E-state index contributed by atoms with van der Waals surface area (Å²) in [6.45, 7) is 3.22. The van der Waals surface area contributed by atoms with Crippen molar-refractivity contribution >= 4 is 21.6 Å². The van der Waals surface area contributed by atoms with E-state index in [1.165, 1.54) is 11.3 Å². The summed E-state index contributed by atoms with van der Waals surface area (Å²) < 4.78 is 11.4. The number of furan rings is 1. The van der Waals surface area contributed by atoms with Crippen molar-refractivity contribution in [3.8, 4) is 16.9 Å². The van der Waals surface area contributed by atoms with Gasteiger partial charge >= 0.3 is 0 Å². The van der Waals surface area contributed by atoms with Crippen LogP contribution in [0, 0.1) is 6.92 Å². The molecule has 0 fully saturated rings. The van der Waals surface area contributed by atoms with E-state index < -0.39 is 6.10 Å². The quantitative estimate of drug-likeness (QED) is 0.280. The van der Waals surface area contributed by atoms with Crippen molar-refractivity contribution in [2.24, 2.45) is 0 Å². The van der Waals surface area contributed by atoms with Gasteiger partial charge in [-0.1, -0.05) is 48.5 Å². The van der Waals surface area contributed by atoms with Crippen molar-refractivity contribution in [3.63, 3.8) is 0 Å². The first kappa shape index (κ1) is 24.0. The van der Waals surface area contributed by atoms with Gasteiger partial charge in [-0.15, -0.1) is 11.3 Å². The lowest BCUT2D eigenvalue weighted by Crippen LogP contribution is -2.35. The fourth-order valence-corrected chi connectivity index (χ4v) is 5.14. The van der Waals surface area contributed by atoms with Crippen LogP contribution in [0.25, 0.3) is 21.3 Å². The molecule has 36 heavy (non-hydrogen) atoms. The number of aryl methyl sites for hydroxylation is 1. The summed E-state index contributed by atoms with van der Waals surface area (Å²) in [6.07, 6.45) is 0.871. The summed E-state index contributed by atoms with van der Waals surface area (Å²) in [4.78, 5) is 23.4. The smallest absolute Gasteiger partial charge is 0.260 e. The molecule has 1 atom stereocenters. The Morgan fingerprint density at radius 1 is 1.08 bits per heavy atom. The van der Waals surface area contributed by atoms with Gasteiger partial charge in [-0.2, -0.15) is 0 Å². The largest absolute Gasteiger partial charge is 0.491 e. The lowest BCUT2D eigenvalue weighted by molar-refractivity contribution is 0.0593. The van der Waals surface area contributed by atoms with E-state index in [1.807, 2.05) is 83.9 Å². The predicted molar refractivity (Wildman–Crippen MR) is 141 cm³/mol. The third-order valence-corrected chi connectivity index (χ3v) is 6.78.